The third kappa shape index (κ3) is 4.13. The van der Waals surface area contributed by atoms with Gasteiger partial charge in [-0.15, -0.1) is 0 Å². The summed E-state index contributed by atoms with van der Waals surface area (Å²) >= 11 is 6.08. The first-order chi connectivity index (χ1) is 8.06. The van der Waals surface area contributed by atoms with E-state index >= 15 is 0 Å². The minimum Gasteiger partial charge on any atom is -0.368 e. The lowest BCUT2D eigenvalue weighted by atomic mass is 10.2. The van der Waals surface area contributed by atoms with Crippen molar-refractivity contribution in [1.82, 2.24) is 14.9 Å². The summed E-state index contributed by atoms with van der Waals surface area (Å²) in [7, 11) is 4.12. The molecule has 96 valence electrons. The molecule has 1 heterocycles. The smallest absolute Gasteiger partial charge is 0.137 e. The molecule has 1 N–H and O–H groups in total. The number of rotatable bonds is 6. The zero-order chi connectivity index (χ0) is 12.8. The number of aromatic nitrogens is 2. The third-order valence-electron chi connectivity index (χ3n) is 2.84. The van der Waals surface area contributed by atoms with Gasteiger partial charge in [-0.05, 0) is 27.4 Å². The van der Waals surface area contributed by atoms with Crippen molar-refractivity contribution in [3.63, 3.8) is 0 Å². The molecule has 0 aromatic carbocycles. The van der Waals surface area contributed by atoms with Gasteiger partial charge >= 0.3 is 0 Å². The first kappa shape index (κ1) is 14.2. The lowest BCUT2D eigenvalue weighted by Crippen LogP contribution is -2.32. The number of likely N-dealkylation sites (N-methyl/N-ethyl adjacent to an activating group) is 1. The monoisotopic (exact) mass is 256 g/mol. The maximum Gasteiger partial charge on any atom is 0.137 e. The summed E-state index contributed by atoms with van der Waals surface area (Å²) in [4.78, 5) is 10.5. The van der Waals surface area contributed by atoms with Crippen molar-refractivity contribution in [2.75, 3.05) is 26.0 Å². The van der Waals surface area contributed by atoms with E-state index in [0.717, 1.165) is 30.8 Å². The van der Waals surface area contributed by atoms with Crippen LogP contribution in [-0.2, 0) is 6.42 Å². The van der Waals surface area contributed by atoms with Gasteiger partial charge in [0, 0.05) is 18.2 Å². The van der Waals surface area contributed by atoms with Crippen LogP contribution in [-0.4, -0.2) is 41.5 Å². The number of halogens is 1. The van der Waals surface area contributed by atoms with Gasteiger partial charge in [0.15, 0.2) is 0 Å². The van der Waals surface area contributed by atoms with Crippen LogP contribution in [0.25, 0.3) is 0 Å². The quantitative estimate of drug-likeness (QED) is 0.794. The second kappa shape index (κ2) is 6.77. The van der Waals surface area contributed by atoms with Gasteiger partial charge in [-0.25, -0.2) is 9.97 Å². The molecule has 0 bridgehead atoms. The minimum atomic E-state index is 0.443. The zero-order valence-electron chi connectivity index (χ0n) is 11.0. The average Bonchev–Trinajstić information content (AvgIpc) is 2.29. The van der Waals surface area contributed by atoms with E-state index in [0.29, 0.717) is 11.2 Å². The SMILES string of the molecule is CCCc1c(Cl)ncnc1NCC(C)N(C)C. The molecule has 0 aliphatic heterocycles. The van der Waals surface area contributed by atoms with Crippen LogP contribution < -0.4 is 5.32 Å². The number of hydrogen-bond donors (Lipinski definition) is 1. The van der Waals surface area contributed by atoms with E-state index in [2.05, 4.69) is 48.1 Å². The van der Waals surface area contributed by atoms with Crippen molar-refractivity contribution in [2.45, 2.75) is 32.7 Å². The van der Waals surface area contributed by atoms with Gasteiger partial charge in [0.25, 0.3) is 0 Å². The molecule has 0 saturated carbocycles. The third-order valence-corrected chi connectivity index (χ3v) is 3.16. The fourth-order valence-electron chi connectivity index (χ4n) is 1.44. The largest absolute Gasteiger partial charge is 0.368 e. The number of hydrogen-bond acceptors (Lipinski definition) is 4. The van der Waals surface area contributed by atoms with Crippen molar-refractivity contribution >= 4 is 17.4 Å². The molecule has 1 rings (SSSR count). The lowest BCUT2D eigenvalue weighted by Gasteiger charge is -2.21. The molecule has 1 aromatic heterocycles. The highest BCUT2D eigenvalue weighted by Gasteiger charge is 2.10. The Morgan fingerprint density at radius 1 is 1.41 bits per heavy atom. The molecule has 0 spiro atoms. The predicted molar refractivity (Wildman–Crippen MR) is 72.7 cm³/mol. The van der Waals surface area contributed by atoms with E-state index in [9.17, 15) is 0 Å². The van der Waals surface area contributed by atoms with Gasteiger partial charge < -0.3 is 10.2 Å². The van der Waals surface area contributed by atoms with Crippen molar-refractivity contribution in [3.05, 3.63) is 17.0 Å². The van der Waals surface area contributed by atoms with E-state index in [4.69, 9.17) is 11.6 Å². The Bertz CT molecular complexity index is 354. The molecule has 0 saturated heterocycles. The molecule has 5 heteroatoms. The van der Waals surface area contributed by atoms with Gasteiger partial charge in [-0.3, -0.25) is 0 Å². The molecular formula is C12H21ClN4. The Balaban J connectivity index is 2.73. The van der Waals surface area contributed by atoms with E-state index in [-0.39, 0.29) is 0 Å². The van der Waals surface area contributed by atoms with E-state index in [1.807, 2.05) is 0 Å². The molecule has 0 fully saturated rings. The topological polar surface area (TPSA) is 41.1 Å². The van der Waals surface area contributed by atoms with Crippen LogP contribution in [0.4, 0.5) is 5.82 Å². The van der Waals surface area contributed by atoms with Gasteiger partial charge in [-0.1, -0.05) is 24.9 Å². The van der Waals surface area contributed by atoms with Crippen LogP contribution in [0.2, 0.25) is 5.15 Å². The van der Waals surface area contributed by atoms with Crippen LogP contribution in [0.5, 0.6) is 0 Å². The van der Waals surface area contributed by atoms with Crippen LogP contribution >= 0.6 is 11.6 Å². The Kier molecular flexibility index (Phi) is 5.65. The zero-order valence-corrected chi connectivity index (χ0v) is 11.8. The molecule has 1 aromatic rings. The summed E-state index contributed by atoms with van der Waals surface area (Å²) in [6.07, 6.45) is 3.44. The van der Waals surface area contributed by atoms with Crippen LogP contribution in [0.15, 0.2) is 6.33 Å². The summed E-state index contributed by atoms with van der Waals surface area (Å²) in [5.41, 5.74) is 1.02. The standard InChI is InChI=1S/C12H21ClN4/c1-5-6-10-11(13)15-8-16-12(10)14-7-9(2)17(3)4/h8-9H,5-7H2,1-4H3,(H,14,15,16). The second-order valence-corrected chi connectivity index (χ2v) is 4.79. The first-order valence-corrected chi connectivity index (χ1v) is 6.33. The lowest BCUT2D eigenvalue weighted by molar-refractivity contribution is 0.326. The highest BCUT2D eigenvalue weighted by molar-refractivity contribution is 6.30. The average molecular weight is 257 g/mol. The molecule has 17 heavy (non-hydrogen) atoms. The fraction of sp³-hybridized carbons (Fsp3) is 0.667. The van der Waals surface area contributed by atoms with Crippen molar-refractivity contribution in [3.8, 4) is 0 Å². The van der Waals surface area contributed by atoms with Gasteiger partial charge in [-0.2, -0.15) is 0 Å². The fourth-order valence-corrected chi connectivity index (χ4v) is 1.67. The summed E-state index contributed by atoms with van der Waals surface area (Å²) in [6.45, 7) is 5.13. The molecule has 0 amide bonds. The molecule has 0 radical (unpaired) electrons. The molecule has 0 aliphatic rings. The molecule has 0 aliphatic carbocycles. The van der Waals surface area contributed by atoms with Crippen molar-refractivity contribution < 1.29 is 0 Å². The minimum absolute atomic E-state index is 0.443. The summed E-state index contributed by atoms with van der Waals surface area (Å²) in [5, 5.41) is 3.90. The Labute approximate surface area is 108 Å². The second-order valence-electron chi connectivity index (χ2n) is 4.44. The van der Waals surface area contributed by atoms with Crippen LogP contribution in [0.3, 0.4) is 0 Å². The summed E-state index contributed by atoms with van der Waals surface area (Å²) < 4.78 is 0. The number of nitrogens with one attached hydrogen (secondary N) is 1. The Hall–Kier alpha value is -0.870. The molecular weight excluding hydrogens is 236 g/mol. The van der Waals surface area contributed by atoms with Crippen LogP contribution in [0.1, 0.15) is 25.8 Å². The Morgan fingerprint density at radius 3 is 2.71 bits per heavy atom. The summed E-state index contributed by atoms with van der Waals surface area (Å²) in [6, 6.07) is 0.443. The molecule has 1 atom stereocenters. The Morgan fingerprint density at radius 2 is 2.12 bits per heavy atom. The highest BCUT2D eigenvalue weighted by Crippen LogP contribution is 2.21. The van der Waals surface area contributed by atoms with Gasteiger partial charge in [0.1, 0.15) is 17.3 Å². The normalized spacial score (nSPS) is 12.8. The molecule has 4 nitrogen and oxygen atoms in total. The van der Waals surface area contributed by atoms with E-state index in [1.165, 1.54) is 6.33 Å². The number of nitrogens with zero attached hydrogens (tertiary/aromatic N) is 3. The molecule has 1 unspecified atom stereocenters. The summed E-state index contributed by atoms with van der Waals surface area (Å²) in [5.74, 6) is 0.862. The van der Waals surface area contributed by atoms with Crippen molar-refractivity contribution in [2.24, 2.45) is 0 Å². The van der Waals surface area contributed by atoms with Gasteiger partial charge in [0.05, 0.1) is 0 Å². The van der Waals surface area contributed by atoms with Gasteiger partial charge in [0.2, 0.25) is 0 Å². The van der Waals surface area contributed by atoms with E-state index in [1.54, 1.807) is 0 Å². The van der Waals surface area contributed by atoms with Crippen LogP contribution in [0, 0.1) is 0 Å². The predicted octanol–water partition coefficient (Wildman–Crippen LogP) is 2.44. The maximum atomic E-state index is 6.08. The van der Waals surface area contributed by atoms with Crippen molar-refractivity contribution in [1.29, 1.82) is 0 Å². The maximum absolute atomic E-state index is 6.08. The first-order valence-electron chi connectivity index (χ1n) is 5.96. The number of anilines is 1. The highest BCUT2D eigenvalue weighted by atomic mass is 35.5. The van der Waals surface area contributed by atoms with E-state index < -0.39 is 0 Å².